The van der Waals surface area contributed by atoms with Gasteiger partial charge in [0.05, 0.1) is 0 Å². The molecule has 1 aliphatic heterocycles. The van der Waals surface area contributed by atoms with E-state index in [1.807, 2.05) is 24.3 Å². The number of benzene rings is 1. The highest BCUT2D eigenvalue weighted by atomic mass is 79.9. The summed E-state index contributed by atoms with van der Waals surface area (Å²) in [7, 11) is 0. The summed E-state index contributed by atoms with van der Waals surface area (Å²) in [6.07, 6.45) is -4.72. The summed E-state index contributed by atoms with van der Waals surface area (Å²) < 4.78 is 38.5. The molecular formula is C14H20BrCl2F3N2. The van der Waals surface area contributed by atoms with E-state index < -0.39 is 12.6 Å². The Balaban J connectivity index is 0.00000220. The SMILES string of the molecule is Cl.Cl.FC(F)(F)CC[C@H](c1ccc(Br)cc1)N1CCNCC1. The third-order valence-electron chi connectivity index (χ3n) is 3.55. The molecule has 0 aliphatic carbocycles. The lowest BCUT2D eigenvalue weighted by molar-refractivity contribution is -0.138. The Bertz CT molecular complexity index is 423. The first-order chi connectivity index (χ1) is 9.46. The van der Waals surface area contributed by atoms with Crippen molar-refractivity contribution in [1.29, 1.82) is 0 Å². The topological polar surface area (TPSA) is 15.3 Å². The number of hydrogen-bond acceptors (Lipinski definition) is 2. The molecule has 0 bridgehead atoms. The normalized spacial score (nSPS) is 17.3. The van der Waals surface area contributed by atoms with Crippen LogP contribution in [0.4, 0.5) is 13.2 Å². The molecule has 1 atom stereocenters. The van der Waals surface area contributed by atoms with Gasteiger partial charge in [0.15, 0.2) is 0 Å². The number of nitrogens with one attached hydrogen (secondary N) is 1. The highest BCUT2D eigenvalue weighted by Crippen LogP contribution is 2.32. The Morgan fingerprint density at radius 3 is 2.14 bits per heavy atom. The number of halogens is 6. The fourth-order valence-electron chi connectivity index (χ4n) is 2.54. The van der Waals surface area contributed by atoms with Crippen molar-refractivity contribution in [2.75, 3.05) is 26.2 Å². The summed E-state index contributed by atoms with van der Waals surface area (Å²) in [5.74, 6) is 0. The van der Waals surface area contributed by atoms with Gasteiger partial charge in [-0.3, -0.25) is 4.90 Å². The standard InChI is InChI=1S/C14H18BrF3N2.2ClH/c15-12-3-1-11(2-4-12)13(5-6-14(16,17)18)20-9-7-19-8-10-20;;/h1-4,13,19H,5-10H2;2*1H/t13-;;/m1../s1. The van der Waals surface area contributed by atoms with Crippen LogP contribution in [0.2, 0.25) is 0 Å². The molecular weight excluding hydrogens is 404 g/mol. The average molecular weight is 424 g/mol. The lowest BCUT2D eigenvalue weighted by Crippen LogP contribution is -2.45. The summed E-state index contributed by atoms with van der Waals surface area (Å²) in [5, 5.41) is 3.23. The zero-order valence-electron chi connectivity index (χ0n) is 11.9. The predicted molar refractivity (Wildman–Crippen MR) is 91.1 cm³/mol. The molecule has 2 rings (SSSR count). The van der Waals surface area contributed by atoms with Gasteiger partial charge in [-0.25, -0.2) is 0 Å². The molecule has 1 fully saturated rings. The zero-order valence-corrected chi connectivity index (χ0v) is 15.1. The van der Waals surface area contributed by atoms with E-state index in [4.69, 9.17) is 0 Å². The fraction of sp³-hybridized carbons (Fsp3) is 0.571. The lowest BCUT2D eigenvalue weighted by Gasteiger charge is -2.35. The maximum absolute atomic E-state index is 12.5. The molecule has 128 valence electrons. The van der Waals surface area contributed by atoms with E-state index in [0.717, 1.165) is 36.2 Å². The van der Waals surface area contributed by atoms with Crippen molar-refractivity contribution < 1.29 is 13.2 Å². The van der Waals surface area contributed by atoms with Gasteiger partial charge in [-0.05, 0) is 24.1 Å². The van der Waals surface area contributed by atoms with Gasteiger partial charge >= 0.3 is 6.18 Å². The first-order valence-electron chi connectivity index (χ1n) is 6.73. The van der Waals surface area contributed by atoms with Crippen LogP contribution in [0.1, 0.15) is 24.4 Å². The monoisotopic (exact) mass is 422 g/mol. The molecule has 1 aromatic carbocycles. The molecule has 0 aromatic heterocycles. The van der Waals surface area contributed by atoms with E-state index >= 15 is 0 Å². The van der Waals surface area contributed by atoms with Crippen molar-refractivity contribution >= 4 is 40.7 Å². The zero-order chi connectivity index (χ0) is 14.6. The molecule has 1 N–H and O–H groups in total. The minimum atomic E-state index is -4.10. The van der Waals surface area contributed by atoms with Crippen LogP contribution in [0.25, 0.3) is 0 Å². The van der Waals surface area contributed by atoms with Crippen molar-refractivity contribution in [3.63, 3.8) is 0 Å². The Labute approximate surface area is 149 Å². The molecule has 1 aliphatic rings. The Hall–Kier alpha value is -0.0100. The van der Waals surface area contributed by atoms with E-state index in [1.165, 1.54) is 0 Å². The van der Waals surface area contributed by atoms with Gasteiger partial charge in [-0.2, -0.15) is 13.2 Å². The second-order valence-corrected chi connectivity index (χ2v) is 5.92. The van der Waals surface area contributed by atoms with Crippen LogP contribution in [0.15, 0.2) is 28.7 Å². The quantitative estimate of drug-likeness (QED) is 0.762. The van der Waals surface area contributed by atoms with Crippen LogP contribution in [0.3, 0.4) is 0 Å². The summed E-state index contributed by atoms with van der Waals surface area (Å²) in [4.78, 5) is 2.14. The van der Waals surface area contributed by atoms with Gasteiger partial charge in [0.25, 0.3) is 0 Å². The van der Waals surface area contributed by atoms with Crippen molar-refractivity contribution in [3.05, 3.63) is 34.3 Å². The number of hydrogen-bond donors (Lipinski definition) is 1. The molecule has 0 unspecified atom stereocenters. The molecule has 1 heterocycles. The smallest absolute Gasteiger partial charge is 0.314 e. The van der Waals surface area contributed by atoms with Gasteiger partial charge in [-0.1, -0.05) is 28.1 Å². The minimum absolute atomic E-state index is 0. The third kappa shape index (κ3) is 7.04. The largest absolute Gasteiger partial charge is 0.389 e. The van der Waals surface area contributed by atoms with Crippen LogP contribution in [0.5, 0.6) is 0 Å². The number of piperazine rings is 1. The van der Waals surface area contributed by atoms with Gasteiger partial charge in [0.1, 0.15) is 0 Å². The van der Waals surface area contributed by atoms with Crippen molar-refractivity contribution in [2.45, 2.75) is 25.1 Å². The highest BCUT2D eigenvalue weighted by Gasteiger charge is 2.31. The van der Waals surface area contributed by atoms with Gasteiger partial charge in [-0.15, -0.1) is 24.8 Å². The molecule has 1 saturated heterocycles. The molecule has 0 saturated carbocycles. The van der Waals surface area contributed by atoms with Crippen LogP contribution in [0, 0.1) is 0 Å². The van der Waals surface area contributed by atoms with E-state index in [0.29, 0.717) is 0 Å². The first-order valence-corrected chi connectivity index (χ1v) is 7.52. The second-order valence-electron chi connectivity index (χ2n) is 5.01. The lowest BCUT2D eigenvalue weighted by atomic mass is 9.99. The van der Waals surface area contributed by atoms with Crippen molar-refractivity contribution in [3.8, 4) is 0 Å². The Morgan fingerprint density at radius 1 is 1.09 bits per heavy atom. The number of rotatable bonds is 4. The first kappa shape index (κ1) is 22.0. The number of nitrogens with zero attached hydrogens (tertiary/aromatic N) is 1. The molecule has 22 heavy (non-hydrogen) atoms. The molecule has 8 heteroatoms. The highest BCUT2D eigenvalue weighted by molar-refractivity contribution is 9.10. The van der Waals surface area contributed by atoms with Gasteiger partial charge < -0.3 is 5.32 Å². The van der Waals surface area contributed by atoms with E-state index in [1.54, 1.807) is 0 Å². The maximum atomic E-state index is 12.5. The third-order valence-corrected chi connectivity index (χ3v) is 4.08. The summed E-state index contributed by atoms with van der Waals surface area (Å²) >= 11 is 3.36. The van der Waals surface area contributed by atoms with Crippen LogP contribution < -0.4 is 5.32 Å². The predicted octanol–water partition coefficient (Wildman–Crippen LogP) is 4.58. The van der Waals surface area contributed by atoms with Crippen molar-refractivity contribution in [1.82, 2.24) is 10.2 Å². The Morgan fingerprint density at radius 2 is 1.64 bits per heavy atom. The number of alkyl halides is 3. The molecule has 0 spiro atoms. The second kappa shape index (κ2) is 9.98. The average Bonchev–Trinajstić information content (AvgIpc) is 2.41. The van der Waals surface area contributed by atoms with E-state index in [2.05, 4.69) is 26.1 Å². The van der Waals surface area contributed by atoms with Crippen LogP contribution in [-0.2, 0) is 0 Å². The Kier molecular flexibility index (Phi) is 9.98. The van der Waals surface area contributed by atoms with Gasteiger partial charge in [0, 0.05) is 43.1 Å². The summed E-state index contributed by atoms with van der Waals surface area (Å²) in [5.41, 5.74) is 0.958. The van der Waals surface area contributed by atoms with Gasteiger partial charge in [0.2, 0.25) is 0 Å². The maximum Gasteiger partial charge on any atom is 0.389 e. The van der Waals surface area contributed by atoms with E-state index in [-0.39, 0.29) is 37.3 Å². The minimum Gasteiger partial charge on any atom is -0.314 e. The molecule has 0 amide bonds. The fourth-order valence-corrected chi connectivity index (χ4v) is 2.80. The molecule has 0 radical (unpaired) electrons. The van der Waals surface area contributed by atoms with E-state index in [9.17, 15) is 13.2 Å². The molecule has 1 aromatic rings. The summed E-state index contributed by atoms with van der Waals surface area (Å²) in [6, 6.07) is 7.43. The van der Waals surface area contributed by atoms with Crippen LogP contribution in [-0.4, -0.2) is 37.3 Å². The van der Waals surface area contributed by atoms with Crippen molar-refractivity contribution in [2.24, 2.45) is 0 Å². The summed E-state index contributed by atoms with van der Waals surface area (Å²) in [6.45, 7) is 3.25. The molecule has 2 nitrogen and oxygen atoms in total. The van der Waals surface area contributed by atoms with Crippen LogP contribution >= 0.6 is 40.7 Å².